The normalized spacial score (nSPS) is 15.9. The Balaban J connectivity index is 1.48. The van der Waals surface area contributed by atoms with Crippen LogP contribution in [0.3, 0.4) is 0 Å². The number of aliphatic carboxylic acids is 1. The summed E-state index contributed by atoms with van der Waals surface area (Å²) in [6, 6.07) is 20.6. The Morgan fingerprint density at radius 3 is 2.56 bits per heavy atom. The van der Waals surface area contributed by atoms with E-state index in [1.807, 2.05) is 18.2 Å². The SMILES string of the molecule is CC(CSC1c2ccccc2CCc2ccc(/C=C/c3ccc4cc(F)c(F)cc4n3)cc21)C(=O)O. The summed E-state index contributed by atoms with van der Waals surface area (Å²) in [6.45, 7) is 1.74. The van der Waals surface area contributed by atoms with Gasteiger partial charge in [0, 0.05) is 17.2 Å². The molecular formula is C30H25F2NO2S. The zero-order valence-electron chi connectivity index (χ0n) is 19.7. The van der Waals surface area contributed by atoms with Gasteiger partial charge in [0.25, 0.3) is 0 Å². The Morgan fingerprint density at radius 2 is 1.75 bits per heavy atom. The van der Waals surface area contributed by atoms with Crippen molar-refractivity contribution in [2.45, 2.75) is 25.0 Å². The number of aromatic nitrogens is 1. The standard InChI is InChI=1S/C30H25F2NO2S/c1-18(30(34)35)17-36-29-24-5-3-2-4-20(24)9-10-21-8-6-19(14-25(21)29)7-12-23-13-11-22-15-26(31)27(32)16-28(22)33-23/h2-8,11-16,18,29H,9-10,17H2,1H3,(H,34,35)/b12-7+. The van der Waals surface area contributed by atoms with E-state index in [4.69, 9.17) is 0 Å². The molecule has 1 N–H and O–H groups in total. The molecule has 1 heterocycles. The molecule has 0 radical (unpaired) electrons. The summed E-state index contributed by atoms with van der Waals surface area (Å²) in [4.78, 5) is 15.9. The number of halogens is 2. The smallest absolute Gasteiger partial charge is 0.307 e. The minimum absolute atomic E-state index is 0.0468. The van der Waals surface area contributed by atoms with E-state index < -0.39 is 23.5 Å². The lowest BCUT2D eigenvalue weighted by atomic mass is 9.97. The molecule has 0 saturated carbocycles. The Labute approximate surface area is 212 Å². The van der Waals surface area contributed by atoms with E-state index in [-0.39, 0.29) is 5.25 Å². The quantitative estimate of drug-likeness (QED) is 0.301. The first-order chi connectivity index (χ1) is 17.4. The average Bonchev–Trinajstić information content (AvgIpc) is 3.03. The zero-order valence-corrected chi connectivity index (χ0v) is 20.6. The largest absolute Gasteiger partial charge is 0.481 e. The predicted octanol–water partition coefficient (Wildman–Crippen LogP) is 7.33. The highest BCUT2D eigenvalue weighted by Crippen LogP contribution is 2.43. The topological polar surface area (TPSA) is 50.2 Å². The first kappa shape index (κ1) is 24.2. The van der Waals surface area contributed by atoms with Crippen molar-refractivity contribution in [2.75, 3.05) is 5.75 Å². The first-order valence-corrected chi connectivity index (χ1v) is 12.9. The second-order valence-corrected chi connectivity index (χ2v) is 10.3. The predicted molar refractivity (Wildman–Crippen MR) is 142 cm³/mol. The molecule has 0 spiro atoms. The fourth-order valence-electron chi connectivity index (χ4n) is 4.54. The molecular weight excluding hydrogens is 476 g/mol. The first-order valence-electron chi connectivity index (χ1n) is 11.9. The Morgan fingerprint density at radius 1 is 1.00 bits per heavy atom. The van der Waals surface area contributed by atoms with Gasteiger partial charge in [-0.15, -0.1) is 11.8 Å². The van der Waals surface area contributed by atoms with Gasteiger partial charge in [0.05, 0.1) is 22.4 Å². The number of carbonyl (C=O) groups is 1. The van der Waals surface area contributed by atoms with Crippen molar-refractivity contribution in [1.29, 1.82) is 0 Å². The van der Waals surface area contributed by atoms with E-state index in [9.17, 15) is 18.7 Å². The number of thioether (sulfide) groups is 1. The number of hydrogen-bond donors (Lipinski definition) is 1. The lowest BCUT2D eigenvalue weighted by Gasteiger charge is -2.21. The van der Waals surface area contributed by atoms with Crippen molar-refractivity contribution < 1.29 is 18.7 Å². The summed E-state index contributed by atoms with van der Waals surface area (Å²) < 4.78 is 27.2. The number of carboxylic acids is 1. The van der Waals surface area contributed by atoms with E-state index in [0.29, 0.717) is 22.3 Å². The number of fused-ring (bicyclic) bond motifs is 3. The number of hydrogen-bond acceptors (Lipinski definition) is 3. The third-order valence-corrected chi connectivity index (χ3v) is 8.12. The lowest BCUT2D eigenvalue weighted by Crippen LogP contribution is -2.13. The third-order valence-electron chi connectivity index (χ3n) is 6.59. The highest BCUT2D eigenvalue weighted by Gasteiger charge is 2.25. The van der Waals surface area contributed by atoms with Crippen molar-refractivity contribution >= 4 is 40.8 Å². The molecule has 6 heteroatoms. The lowest BCUT2D eigenvalue weighted by molar-refractivity contribution is -0.140. The molecule has 36 heavy (non-hydrogen) atoms. The van der Waals surface area contributed by atoms with Gasteiger partial charge in [-0.2, -0.15) is 0 Å². The van der Waals surface area contributed by atoms with Crippen molar-refractivity contribution in [3.63, 3.8) is 0 Å². The number of nitrogens with zero attached hydrogens (tertiary/aromatic N) is 1. The van der Waals surface area contributed by atoms with E-state index in [0.717, 1.165) is 30.5 Å². The fourth-order valence-corrected chi connectivity index (χ4v) is 5.97. The molecule has 4 aromatic rings. The van der Waals surface area contributed by atoms with Gasteiger partial charge in [-0.25, -0.2) is 13.8 Å². The minimum atomic E-state index is -0.914. The van der Waals surface area contributed by atoms with Gasteiger partial charge in [0.15, 0.2) is 11.6 Å². The Hall–Kier alpha value is -3.51. The molecule has 2 atom stereocenters. The number of rotatable bonds is 6. The fraction of sp³-hybridized carbons (Fsp3) is 0.200. The Bertz CT molecular complexity index is 1480. The van der Waals surface area contributed by atoms with Gasteiger partial charge in [0.1, 0.15) is 0 Å². The maximum absolute atomic E-state index is 13.7. The molecule has 1 aliphatic carbocycles. The average molecular weight is 502 g/mol. The van der Waals surface area contributed by atoms with Crippen LogP contribution in [0.15, 0.2) is 66.7 Å². The molecule has 3 nitrogen and oxygen atoms in total. The van der Waals surface area contributed by atoms with Gasteiger partial charge in [-0.1, -0.05) is 61.5 Å². The monoisotopic (exact) mass is 501 g/mol. The maximum atomic E-state index is 13.7. The van der Waals surface area contributed by atoms with Crippen molar-refractivity contribution in [2.24, 2.45) is 5.92 Å². The van der Waals surface area contributed by atoms with Gasteiger partial charge in [-0.05, 0) is 58.9 Å². The number of carboxylic acid groups (broad SMARTS) is 1. The van der Waals surface area contributed by atoms with Crippen LogP contribution in [-0.2, 0) is 17.6 Å². The van der Waals surface area contributed by atoms with E-state index in [1.54, 1.807) is 30.8 Å². The van der Waals surface area contributed by atoms with Gasteiger partial charge in [0.2, 0.25) is 0 Å². The van der Waals surface area contributed by atoms with Crippen LogP contribution in [-0.4, -0.2) is 21.8 Å². The minimum Gasteiger partial charge on any atom is -0.481 e. The number of benzene rings is 3. The highest BCUT2D eigenvalue weighted by molar-refractivity contribution is 7.99. The molecule has 3 aromatic carbocycles. The summed E-state index contributed by atoms with van der Waals surface area (Å²) in [6.07, 6.45) is 5.70. The molecule has 1 aromatic heterocycles. The van der Waals surface area contributed by atoms with Crippen LogP contribution in [0.5, 0.6) is 0 Å². The van der Waals surface area contributed by atoms with Crippen LogP contribution < -0.4 is 0 Å². The van der Waals surface area contributed by atoms with Crippen LogP contribution in [0.25, 0.3) is 23.1 Å². The van der Waals surface area contributed by atoms with Gasteiger partial charge < -0.3 is 5.11 Å². The van der Waals surface area contributed by atoms with Crippen molar-refractivity contribution in [3.05, 3.63) is 112 Å². The molecule has 1 aliphatic rings. The van der Waals surface area contributed by atoms with Crippen LogP contribution in [0.2, 0.25) is 0 Å². The van der Waals surface area contributed by atoms with Crippen LogP contribution >= 0.6 is 11.8 Å². The summed E-state index contributed by atoms with van der Waals surface area (Å²) in [5, 5.41) is 10.0. The summed E-state index contributed by atoms with van der Waals surface area (Å²) in [5.74, 6) is -2.50. The molecule has 182 valence electrons. The van der Waals surface area contributed by atoms with Gasteiger partial charge >= 0.3 is 5.97 Å². The second-order valence-electron chi connectivity index (χ2n) is 9.14. The Kier molecular flexibility index (Phi) is 6.88. The molecule has 0 fully saturated rings. The molecule has 0 amide bonds. The van der Waals surface area contributed by atoms with Crippen LogP contribution in [0.4, 0.5) is 8.78 Å². The molecule has 2 unspecified atom stereocenters. The number of aryl methyl sites for hydroxylation is 2. The molecule has 0 bridgehead atoms. The third kappa shape index (κ3) is 5.05. The second kappa shape index (κ2) is 10.2. The summed E-state index contributed by atoms with van der Waals surface area (Å²) in [7, 11) is 0. The van der Waals surface area contributed by atoms with Gasteiger partial charge in [-0.3, -0.25) is 4.79 Å². The highest BCUT2D eigenvalue weighted by atomic mass is 32.2. The van der Waals surface area contributed by atoms with E-state index >= 15 is 0 Å². The zero-order chi connectivity index (χ0) is 25.2. The van der Waals surface area contributed by atoms with E-state index in [1.165, 1.54) is 22.3 Å². The number of pyridine rings is 1. The molecule has 0 saturated heterocycles. The summed E-state index contributed by atoms with van der Waals surface area (Å²) in [5.41, 5.74) is 7.06. The van der Waals surface area contributed by atoms with E-state index in [2.05, 4.69) is 41.4 Å². The van der Waals surface area contributed by atoms with Crippen LogP contribution in [0, 0.1) is 17.6 Å². The van der Waals surface area contributed by atoms with Crippen molar-refractivity contribution in [3.8, 4) is 0 Å². The van der Waals surface area contributed by atoms with Crippen LogP contribution in [0.1, 0.15) is 45.7 Å². The molecule has 0 aliphatic heterocycles. The maximum Gasteiger partial charge on any atom is 0.307 e. The van der Waals surface area contributed by atoms with Crippen molar-refractivity contribution in [1.82, 2.24) is 4.98 Å². The molecule has 5 rings (SSSR count). The summed E-state index contributed by atoms with van der Waals surface area (Å²) >= 11 is 1.68.